The van der Waals surface area contributed by atoms with Crippen molar-refractivity contribution in [2.75, 3.05) is 53.3 Å². The zero-order valence-corrected chi connectivity index (χ0v) is 32.8. The Morgan fingerprint density at radius 3 is 2.81 bits per heavy atom. The Balaban J connectivity index is 1.45. The van der Waals surface area contributed by atoms with E-state index in [0.29, 0.717) is 39.0 Å². The number of pyridine rings is 1. The van der Waals surface area contributed by atoms with E-state index in [1.54, 1.807) is 39.2 Å². The minimum absolute atomic E-state index is 0.121. The normalized spacial score (nSPS) is 22.6. The van der Waals surface area contributed by atoms with Crippen LogP contribution in [0, 0.1) is 5.41 Å². The van der Waals surface area contributed by atoms with Crippen molar-refractivity contribution in [3.8, 4) is 11.3 Å². The van der Waals surface area contributed by atoms with Gasteiger partial charge in [-0.2, -0.15) is 0 Å². The van der Waals surface area contributed by atoms with E-state index in [4.69, 9.17) is 24.2 Å². The number of esters is 1. The maximum atomic E-state index is 14.1. The maximum Gasteiger partial charge on any atom is 0.324 e. The number of hydrogen-bond donors (Lipinski definition) is 2. The van der Waals surface area contributed by atoms with Crippen molar-refractivity contribution < 1.29 is 28.6 Å². The molecule has 3 aliphatic rings. The van der Waals surface area contributed by atoms with Crippen LogP contribution in [0.2, 0.25) is 0 Å². The van der Waals surface area contributed by atoms with Crippen LogP contribution >= 0.6 is 11.8 Å². The van der Waals surface area contributed by atoms with Gasteiger partial charge >= 0.3 is 12.0 Å². The summed E-state index contributed by atoms with van der Waals surface area (Å²) in [6, 6.07) is 8.58. The number of likely N-dealkylation sites (N-methyl/N-ethyl adjacent to an activating group) is 1. The number of fused-ring (bicyclic) bond motifs is 5. The van der Waals surface area contributed by atoms with Crippen molar-refractivity contribution in [3.63, 3.8) is 0 Å². The number of carbonyl (C=O) groups excluding carboxylic acids is 3. The summed E-state index contributed by atoms with van der Waals surface area (Å²) >= 11 is 1.61. The number of benzene rings is 1. The van der Waals surface area contributed by atoms with E-state index in [9.17, 15) is 14.4 Å². The molecule has 53 heavy (non-hydrogen) atoms. The van der Waals surface area contributed by atoms with Gasteiger partial charge in [0.05, 0.1) is 41.8 Å². The van der Waals surface area contributed by atoms with Gasteiger partial charge in [0.15, 0.2) is 0 Å². The SMILES string of the molecule is CCn1c(-c2cccnc2[C@H](C)OC)c2c3cc(ccc31)C1CSC(=N1)C[C@H](NC(=O)N(C)CCOC)C(=O)N1CCC[C@H](N1)C(=O)OCC(C)(C)C2. The second-order valence-corrected chi connectivity index (χ2v) is 16.0. The molecule has 1 saturated heterocycles. The van der Waals surface area contributed by atoms with Crippen LogP contribution < -0.4 is 10.7 Å². The van der Waals surface area contributed by atoms with E-state index in [0.717, 1.165) is 56.3 Å². The van der Waals surface area contributed by atoms with Crippen molar-refractivity contribution in [1.29, 1.82) is 0 Å². The summed E-state index contributed by atoms with van der Waals surface area (Å²) in [6.07, 6.45) is 3.60. The number of carbonyl (C=O) groups is 3. The molecule has 0 radical (unpaired) electrons. The topological polar surface area (TPSA) is 140 Å². The summed E-state index contributed by atoms with van der Waals surface area (Å²) in [5.41, 5.74) is 9.00. The molecule has 1 fully saturated rings. The molecule has 1 unspecified atom stereocenters. The van der Waals surface area contributed by atoms with Gasteiger partial charge in [-0.15, -0.1) is 11.8 Å². The molecule has 6 bridgehead atoms. The highest BCUT2D eigenvalue weighted by Crippen LogP contribution is 2.42. The number of nitrogens with zero attached hydrogens (tertiary/aromatic N) is 5. The zero-order valence-electron chi connectivity index (χ0n) is 31.9. The largest absolute Gasteiger partial charge is 0.464 e. The predicted molar refractivity (Wildman–Crippen MR) is 207 cm³/mol. The van der Waals surface area contributed by atoms with Crippen LogP contribution in [-0.2, 0) is 36.8 Å². The van der Waals surface area contributed by atoms with E-state index in [2.05, 4.69) is 60.3 Å². The van der Waals surface area contributed by atoms with Gasteiger partial charge in [0.1, 0.15) is 12.1 Å². The molecule has 13 nitrogen and oxygen atoms in total. The molecular formula is C39H53N7O6S. The molecule has 1 aromatic carbocycles. The summed E-state index contributed by atoms with van der Waals surface area (Å²) in [5, 5.41) is 6.33. The van der Waals surface area contributed by atoms with Gasteiger partial charge in [-0.3, -0.25) is 24.6 Å². The lowest BCUT2D eigenvalue weighted by atomic mass is 9.84. The number of aryl methyl sites for hydroxylation is 1. The summed E-state index contributed by atoms with van der Waals surface area (Å²) in [6.45, 7) is 10.5. The van der Waals surface area contributed by atoms with Crippen LogP contribution in [0.15, 0.2) is 41.5 Å². The number of aliphatic imine (C=N–C) groups is 1. The molecule has 2 aromatic heterocycles. The number of thioether (sulfide) groups is 1. The first-order valence-electron chi connectivity index (χ1n) is 18.5. The zero-order chi connectivity index (χ0) is 37.9. The first-order chi connectivity index (χ1) is 25.4. The average Bonchev–Trinajstić information content (AvgIpc) is 3.76. The van der Waals surface area contributed by atoms with Crippen LogP contribution in [0.1, 0.15) is 75.9 Å². The fraction of sp³-hybridized carbons (Fsp3) is 0.564. The van der Waals surface area contributed by atoms with Crippen molar-refractivity contribution in [2.24, 2.45) is 10.4 Å². The van der Waals surface area contributed by atoms with Gasteiger partial charge in [-0.25, -0.2) is 10.2 Å². The number of hydrazine groups is 1. The van der Waals surface area contributed by atoms with Gasteiger partial charge in [-0.05, 0) is 68.5 Å². The van der Waals surface area contributed by atoms with E-state index in [1.165, 1.54) is 9.91 Å². The number of rotatable bonds is 8. The van der Waals surface area contributed by atoms with Gasteiger partial charge in [-0.1, -0.05) is 19.9 Å². The van der Waals surface area contributed by atoms with Crippen molar-refractivity contribution in [3.05, 3.63) is 53.3 Å². The quantitative estimate of drug-likeness (QED) is 0.295. The second-order valence-electron chi connectivity index (χ2n) is 14.9. The summed E-state index contributed by atoms with van der Waals surface area (Å²) in [7, 11) is 4.94. The first kappa shape index (κ1) is 38.7. The monoisotopic (exact) mass is 747 g/mol. The van der Waals surface area contributed by atoms with Crippen molar-refractivity contribution >= 4 is 45.6 Å². The number of ether oxygens (including phenoxy) is 3. The molecule has 286 valence electrons. The Hall–Kier alpha value is -3.98. The third-order valence-corrected chi connectivity index (χ3v) is 11.5. The summed E-state index contributed by atoms with van der Waals surface area (Å²) in [5.74, 6) is -0.00540. The van der Waals surface area contributed by atoms with Crippen LogP contribution in [0.5, 0.6) is 0 Å². The standard InChI is InChI=1S/C39H53N7O6S/c1-8-45-32-14-13-25-19-27(32)28(35(45)26-11-9-15-40-34(26)24(2)51-7)21-39(3,4)23-52-37(48)29-12-10-16-46(43-29)36(47)30(20-33-41-31(25)22-53-33)42-38(49)44(5)17-18-50-6/h9,11,13-15,19,24,29-31,43H,8,10,12,16-18,20-23H2,1-7H3,(H,42,49)/t24-,29-,30-,31?/m0/s1. The number of aromatic nitrogens is 2. The van der Waals surface area contributed by atoms with E-state index >= 15 is 0 Å². The molecule has 6 rings (SSSR count). The molecule has 2 N–H and O–H groups in total. The van der Waals surface area contributed by atoms with Crippen LogP contribution in [0.3, 0.4) is 0 Å². The molecule has 5 heterocycles. The Kier molecular flexibility index (Phi) is 12.1. The molecule has 0 saturated carbocycles. The minimum atomic E-state index is -0.893. The fourth-order valence-electron chi connectivity index (χ4n) is 7.39. The average molecular weight is 748 g/mol. The molecule has 0 aliphatic carbocycles. The molecule has 4 atom stereocenters. The number of nitrogens with one attached hydrogen (secondary N) is 2. The van der Waals surface area contributed by atoms with Gasteiger partial charge in [0, 0.05) is 81.2 Å². The van der Waals surface area contributed by atoms with Gasteiger partial charge < -0.3 is 29.0 Å². The molecule has 14 heteroatoms. The molecule has 0 spiro atoms. The highest BCUT2D eigenvalue weighted by atomic mass is 32.2. The Labute approximate surface area is 316 Å². The van der Waals surface area contributed by atoms with E-state index in [1.807, 2.05) is 13.0 Å². The molecular weight excluding hydrogens is 695 g/mol. The Morgan fingerprint density at radius 2 is 2.06 bits per heavy atom. The summed E-state index contributed by atoms with van der Waals surface area (Å²) in [4.78, 5) is 52.4. The highest BCUT2D eigenvalue weighted by molar-refractivity contribution is 8.14. The third-order valence-electron chi connectivity index (χ3n) is 10.4. The van der Waals surface area contributed by atoms with Crippen LogP contribution in [0.25, 0.3) is 22.2 Å². The van der Waals surface area contributed by atoms with Crippen LogP contribution in [0.4, 0.5) is 4.79 Å². The van der Waals surface area contributed by atoms with Crippen LogP contribution in [-0.4, -0.2) is 108 Å². The lowest BCUT2D eigenvalue weighted by Gasteiger charge is -2.36. The first-order valence-corrected chi connectivity index (χ1v) is 19.5. The number of cyclic esters (lactones) is 1. The Morgan fingerprint density at radius 1 is 1.25 bits per heavy atom. The number of hydrogen-bond acceptors (Lipinski definition) is 10. The van der Waals surface area contributed by atoms with Crippen molar-refractivity contribution in [1.82, 2.24) is 30.2 Å². The molecule has 3 aliphatic heterocycles. The van der Waals surface area contributed by atoms with Gasteiger partial charge in [0.2, 0.25) is 0 Å². The Bertz CT molecular complexity index is 1860. The number of urea groups is 1. The van der Waals surface area contributed by atoms with E-state index < -0.39 is 23.5 Å². The number of methoxy groups -OCH3 is 2. The minimum Gasteiger partial charge on any atom is -0.464 e. The van der Waals surface area contributed by atoms with E-state index in [-0.39, 0.29) is 37.1 Å². The lowest BCUT2D eigenvalue weighted by molar-refractivity contribution is -0.155. The lowest BCUT2D eigenvalue weighted by Crippen LogP contribution is -2.61. The number of amides is 3. The third kappa shape index (κ3) is 8.40. The molecule has 3 aromatic rings. The van der Waals surface area contributed by atoms with Gasteiger partial charge in [0.25, 0.3) is 5.91 Å². The fourth-order valence-corrected chi connectivity index (χ4v) is 8.49. The summed E-state index contributed by atoms with van der Waals surface area (Å²) < 4.78 is 19.3. The van der Waals surface area contributed by atoms with Crippen molar-refractivity contribution in [2.45, 2.75) is 84.2 Å². The molecule has 3 amide bonds. The predicted octanol–water partition coefficient (Wildman–Crippen LogP) is 5.28. The highest BCUT2D eigenvalue weighted by Gasteiger charge is 2.37. The maximum absolute atomic E-state index is 14.1. The second kappa shape index (κ2) is 16.6. The smallest absolute Gasteiger partial charge is 0.324 e.